The summed E-state index contributed by atoms with van der Waals surface area (Å²) in [5.41, 5.74) is 0.433. The van der Waals surface area contributed by atoms with E-state index < -0.39 is 0 Å². The van der Waals surface area contributed by atoms with E-state index in [0.29, 0.717) is 15.6 Å². The Morgan fingerprint density at radius 3 is 2.88 bits per heavy atom. The van der Waals surface area contributed by atoms with Crippen molar-refractivity contribution >= 4 is 29.0 Å². The van der Waals surface area contributed by atoms with Crippen molar-refractivity contribution in [3.8, 4) is 0 Å². The molecule has 0 aliphatic carbocycles. The van der Waals surface area contributed by atoms with Crippen LogP contribution in [0.4, 0.5) is 0 Å². The molecule has 1 aromatic heterocycles. The van der Waals surface area contributed by atoms with E-state index >= 15 is 0 Å². The molecule has 0 aliphatic heterocycles. The van der Waals surface area contributed by atoms with Crippen LogP contribution in [0.2, 0.25) is 10.0 Å². The Bertz CT molecular complexity index is 509. The highest BCUT2D eigenvalue weighted by atomic mass is 35.5. The summed E-state index contributed by atoms with van der Waals surface area (Å²) in [6, 6.07) is 5.01. The molecule has 0 atom stereocenters. The predicted molar refractivity (Wildman–Crippen MR) is 63.0 cm³/mol. The molecule has 3 nitrogen and oxygen atoms in total. The minimum Gasteiger partial charge on any atom is -0.330 e. The first kappa shape index (κ1) is 11.2. The fourth-order valence-electron chi connectivity index (χ4n) is 1.35. The van der Waals surface area contributed by atoms with Crippen LogP contribution >= 0.6 is 23.2 Å². The lowest BCUT2D eigenvalue weighted by atomic mass is 10.1. The van der Waals surface area contributed by atoms with Crippen molar-refractivity contribution in [2.24, 2.45) is 0 Å². The van der Waals surface area contributed by atoms with E-state index in [1.54, 1.807) is 41.5 Å². The Hall–Kier alpha value is -1.32. The average Bonchev–Trinajstić information content (AvgIpc) is 2.74. The smallest absolute Gasteiger partial charge is 0.184 e. The molecule has 0 saturated heterocycles. The molecular formula is C11H8Cl2N2O. The average molecular weight is 255 g/mol. The number of aromatic nitrogens is 2. The van der Waals surface area contributed by atoms with Crippen molar-refractivity contribution in [3.05, 3.63) is 52.5 Å². The normalized spacial score (nSPS) is 10.4. The van der Waals surface area contributed by atoms with E-state index in [1.165, 1.54) is 0 Å². The SMILES string of the molecule is O=C(Cn1ccnc1)c1cccc(Cl)c1Cl. The van der Waals surface area contributed by atoms with Crippen LogP contribution in [0.3, 0.4) is 0 Å². The first-order valence-corrected chi connectivity index (χ1v) is 5.37. The maximum Gasteiger partial charge on any atom is 0.184 e. The topological polar surface area (TPSA) is 34.9 Å². The van der Waals surface area contributed by atoms with Crippen molar-refractivity contribution in [2.45, 2.75) is 6.54 Å². The van der Waals surface area contributed by atoms with Crippen LogP contribution in [0.25, 0.3) is 0 Å². The molecule has 0 amide bonds. The van der Waals surface area contributed by atoms with E-state index in [0.717, 1.165) is 0 Å². The summed E-state index contributed by atoms with van der Waals surface area (Å²) < 4.78 is 1.68. The molecule has 82 valence electrons. The molecule has 0 bridgehead atoms. The fourth-order valence-corrected chi connectivity index (χ4v) is 1.76. The number of Topliss-reactive ketones (excluding diaryl/α,β-unsaturated/α-hetero) is 1. The van der Waals surface area contributed by atoms with E-state index in [4.69, 9.17) is 23.2 Å². The third-order valence-electron chi connectivity index (χ3n) is 2.14. The lowest BCUT2D eigenvalue weighted by molar-refractivity contribution is 0.0972. The lowest BCUT2D eigenvalue weighted by Gasteiger charge is -2.05. The quantitative estimate of drug-likeness (QED) is 0.790. The number of nitrogens with zero attached hydrogens (tertiary/aromatic N) is 2. The number of carbonyl (C=O) groups is 1. The number of benzene rings is 1. The Balaban J connectivity index is 2.24. The summed E-state index contributed by atoms with van der Waals surface area (Å²) in [5, 5.41) is 0.687. The van der Waals surface area contributed by atoms with Gasteiger partial charge in [-0.15, -0.1) is 0 Å². The summed E-state index contributed by atoms with van der Waals surface area (Å²) in [7, 11) is 0. The highest BCUT2D eigenvalue weighted by Crippen LogP contribution is 2.25. The van der Waals surface area contributed by atoms with Crippen LogP contribution in [0.15, 0.2) is 36.9 Å². The lowest BCUT2D eigenvalue weighted by Crippen LogP contribution is -2.09. The van der Waals surface area contributed by atoms with Crippen molar-refractivity contribution in [2.75, 3.05) is 0 Å². The molecule has 0 spiro atoms. The standard InChI is InChI=1S/C11H8Cl2N2O/c12-9-3-1-2-8(11(9)13)10(16)6-15-5-4-14-7-15/h1-5,7H,6H2. The minimum atomic E-state index is -0.0921. The summed E-state index contributed by atoms with van der Waals surface area (Å²) in [4.78, 5) is 15.8. The molecule has 1 aromatic carbocycles. The highest BCUT2D eigenvalue weighted by molar-refractivity contribution is 6.43. The van der Waals surface area contributed by atoms with E-state index in [2.05, 4.69) is 4.98 Å². The zero-order chi connectivity index (χ0) is 11.5. The summed E-state index contributed by atoms with van der Waals surface area (Å²) in [5.74, 6) is -0.0921. The molecule has 2 aromatic rings. The number of hydrogen-bond donors (Lipinski definition) is 0. The van der Waals surface area contributed by atoms with Gasteiger partial charge in [0, 0.05) is 18.0 Å². The van der Waals surface area contributed by atoms with Crippen molar-refractivity contribution in [1.82, 2.24) is 9.55 Å². The van der Waals surface area contributed by atoms with Gasteiger partial charge in [0.05, 0.1) is 22.9 Å². The first-order valence-electron chi connectivity index (χ1n) is 4.61. The Kier molecular flexibility index (Phi) is 3.27. The second kappa shape index (κ2) is 4.68. The second-order valence-electron chi connectivity index (χ2n) is 3.26. The number of hydrogen-bond acceptors (Lipinski definition) is 2. The van der Waals surface area contributed by atoms with Gasteiger partial charge in [-0.1, -0.05) is 29.3 Å². The molecule has 0 radical (unpaired) electrons. The molecule has 5 heteroatoms. The van der Waals surface area contributed by atoms with Gasteiger partial charge >= 0.3 is 0 Å². The molecular weight excluding hydrogens is 247 g/mol. The third kappa shape index (κ3) is 2.26. The van der Waals surface area contributed by atoms with Gasteiger partial charge in [0.1, 0.15) is 0 Å². The third-order valence-corrected chi connectivity index (χ3v) is 2.96. The van der Waals surface area contributed by atoms with Gasteiger partial charge in [0.25, 0.3) is 0 Å². The van der Waals surface area contributed by atoms with Gasteiger partial charge in [-0.05, 0) is 12.1 Å². The van der Waals surface area contributed by atoms with Crippen LogP contribution < -0.4 is 0 Å². The van der Waals surface area contributed by atoms with Crippen molar-refractivity contribution in [1.29, 1.82) is 0 Å². The van der Waals surface area contributed by atoms with Crippen LogP contribution in [-0.4, -0.2) is 15.3 Å². The van der Waals surface area contributed by atoms with Crippen molar-refractivity contribution in [3.63, 3.8) is 0 Å². The molecule has 0 aliphatic rings. The van der Waals surface area contributed by atoms with Crippen LogP contribution in [0.5, 0.6) is 0 Å². The van der Waals surface area contributed by atoms with Gasteiger partial charge in [0.2, 0.25) is 0 Å². The molecule has 0 N–H and O–H groups in total. The van der Waals surface area contributed by atoms with Gasteiger partial charge in [-0.3, -0.25) is 4.79 Å². The molecule has 1 heterocycles. The summed E-state index contributed by atoms with van der Waals surface area (Å²) in [6.45, 7) is 0.208. The molecule has 0 unspecified atom stereocenters. The number of carbonyl (C=O) groups excluding carboxylic acids is 1. The summed E-state index contributed by atoms with van der Waals surface area (Å²) in [6.07, 6.45) is 4.92. The maximum atomic E-state index is 11.9. The molecule has 0 saturated carbocycles. The Morgan fingerprint density at radius 2 is 2.19 bits per heavy atom. The maximum absolute atomic E-state index is 11.9. The second-order valence-corrected chi connectivity index (χ2v) is 4.04. The Labute approximate surface area is 103 Å². The monoisotopic (exact) mass is 254 g/mol. The molecule has 2 rings (SSSR count). The van der Waals surface area contributed by atoms with Gasteiger partial charge in [-0.2, -0.15) is 0 Å². The zero-order valence-corrected chi connectivity index (χ0v) is 9.74. The minimum absolute atomic E-state index is 0.0921. The van der Waals surface area contributed by atoms with E-state index in [9.17, 15) is 4.79 Å². The fraction of sp³-hybridized carbons (Fsp3) is 0.0909. The van der Waals surface area contributed by atoms with Crippen molar-refractivity contribution < 1.29 is 4.79 Å². The predicted octanol–water partition coefficient (Wildman–Crippen LogP) is 3.07. The van der Waals surface area contributed by atoms with Gasteiger partial charge < -0.3 is 4.57 Å². The van der Waals surface area contributed by atoms with Gasteiger partial charge in [0.15, 0.2) is 5.78 Å². The number of ketones is 1. The van der Waals surface area contributed by atoms with Crippen LogP contribution in [0, 0.1) is 0 Å². The van der Waals surface area contributed by atoms with Crippen LogP contribution in [-0.2, 0) is 6.54 Å². The van der Waals surface area contributed by atoms with E-state index in [1.807, 2.05) is 0 Å². The largest absolute Gasteiger partial charge is 0.330 e. The highest BCUT2D eigenvalue weighted by Gasteiger charge is 2.12. The Morgan fingerprint density at radius 1 is 1.38 bits per heavy atom. The summed E-state index contributed by atoms with van der Waals surface area (Å²) >= 11 is 11.8. The first-order chi connectivity index (χ1) is 7.68. The molecule has 0 fully saturated rings. The number of imidazole rings is 1. The van der Waals surface area contributed by atoms with Crippen LogP contribution in [0.1, 0.15) is 10.4 Å². The zero-order valence-electron chi connectivity index (χ0n) is 8.23. The van der Waals surface area contributed by atoms with Gasteiger partial charge in [-0.25, -0.2) is 4.98 Å². The van der Waals surface area contributed by atoms with E-state index in [-0.39, 0.29) is 12.3 Å². The number of rotatable bonds is 3. The number of halogens is 2. The molecule has 16 heavy (non-hydrogen) atoms.